The number of hydrogen-bond acceptors (Lipinski definition) is 4. The maximum absolute atomic E-state index is 12.4. The summed E-state index contributed by atoms with van der Waals surface area (Å²) in [7, 11) is 0. The Morgan fingerprint density at radius 3 is 2.83 bits per heavy atom. The average molecular weight is 317 g/mol. The lowest BCUT2D eigenvalue weighted by Gasteiger charge is -2.02. The minimum absolute atomic E-state index is 0.245. The summed E-state index contributed by atoms with van der Waals surface area (Å²) >= 11 is 1.43. The number of carbonyl (C=O) groups is 1. The van der Waals surface area contributed by atoms with E-state index >= 15 is 0 Å². The number of aromatic nitrogens is 1. The highest BCUT2D eigenvalue weighted by molar-refractivity contribution is 7.19. The summed E-state index contributed by atoms with van der Waals surface area (Å²) in [5, 5.41) is 13.1. The lowest BCUT2D eigenvalue weighted by Crippen LogP contribution is -2.06. The SMILES string of the molecule is Cc1cccc2c1NC(=O)/C2=C(\C#N)c1nc2ccccc2s1. The van der Waals surface area contributed by atoms with E-state index in [9.17, 15) is 10.1 Å². The second-order valence-electron chi connectivity index (χ2n) is 5.30. The summed E-state index contributed by atoms with van der Waals surface area (Å²) < 4.78 is 0.999. The monoisotopic (exact) mass is 317 g/mol. The highest BCUT2D eigenvalue weighted by Crippen LogP contribution is 2.39. The zero-order chi connectivity index (χ0) is 16.0. The first-order chi connectivity index (χ1) is 11.2. The van der Waals surface area contributed by atoms with Gasteiger partial charge in [-0.3, -0.25) is 4.79 Å². The Morgan fingerprint density at radius 2 is 2.04 bits per heavy atom. The fraction of sp³-hybridized carbons (Fsp3) is 0.0556. The largest absolute Gasteiger partial charge is 0.321 e. The van der Waals surface area contributed by atoms with E-state index in [1.54, 1.807) is 0 Å². The number of nitriles is 1. The first-order valence-electron chi connectivity index (χ1n) is 7.10. The van der Waals surface area contributed by atoms with Crippen molar-refractivity contribution in [1.82, 2.24) is 4.98 Å². The summed E-state index contributed by atoms with van der Waals surface area (Å²) in [5.41, 5.74) is 4.10. The zero-order valence-corrected chi connectivity index (χ0v) is 13.1. The molecular formula is C18H11N3OS. The number of fused-ring (bicyclic) bond motifs is 2. The molecule has 1 aromatic heterocycles. The zero-order valence-electron chi connectivity index (χ0n) is 12.3. The van der Waals surface area contributed by atoms with Crippen molar-refractivity contribution in [2.45, 2.75) is 6.92 Å². The van der Waals surface area contributed by atoms with Crippen LogP contribution in [0.4, 0.5) is 5.69 Å². The van der Waals surface area contributed by atoms with Crippen LogP contribution >= 0.6 is 11.3 Å². The van der Waals surface area contributed by atoms with Crippen molar-refractivity contribution in [2.75, 3.05) is 5.32 Å². The first-order valence-corrected chi connectivity index (χ1v) is 7.92. The Labute approximate surface area is 136 Å². The number of rotatable bonds is 1. The lowest BCUT2D eigenvalue weighted by molar-refractivity contribution is -0.110. The van der Waals surface area contributed by atoms with Crippen LogP contribution < -0.4 is 5.32 Å². The molecule has 2 aromatic carbocycles. The number of allylic oxidation sites excluding steroid dienone is 1. The Kier molecular flexibility index (Phi) is 3.00. The van der Waals surface area contributed by atoms with E-state index in [2.05, 4.69) is 16.4 Å². The number of anilines is 1. The van der Waals surface area contributed by atoms with Gasteiger partial charge >= 0.3 is 0 Å². The molecule has 0 saturated carbocycles. The molecular weight excluding hydrogens is 306 g/mol. The Bertz CT molecular complexity index is 1010. The molecule has 0 spiro atoms. The van der Waals surface area contributed by atoms with Gasteiger partial charge in [0.05, 0.1) is 21.5 Å². The van der Waals surface area contributed by atoms with E-state index in [-0.39, 0.29) is 5.91 Å². The summed E-state index contributed by atoms with van der Waals surface area (Å²) in [6.07, 6.45) is 0. The van der Waals surface area contributed by atoms with Gasteiger partial charge in [0.25, 0.3) is 5.91 Å². The quantitative estimate of drug-likeness (QED) is 0.545. The number of hydrogen-bond donors (Lipinski definition) is 1. The van der Waals surface area contributed by atoms with E-state index in [4.69, 9.17) is 0 Å². The van der Waals surface area contributed by atoms with Crippen LogP contribution in [0.3, 0.4) is 0 Å². The van der Waals surface area contributed by atoms with Gasteiger partial charge in [-0.15, -0.1) is 11.3 Å². The minimum Gasteiger partial charge on any atom is -0.321 e. The minimum atomic E-state index is -0.245. The van der Waals surface area contributed by atoms with Crippen LogP contribution in [-0.4, -0.2) is 10.9 Å². The van der Waals surface area contributed by atoms with Crippen molar-refractivity contribution in [2.24, 2.45) is 0 Å². The molecule has 0 radical (unpaired) electrons. The van der Waals surface area contributed by atoms with Crippen molar-refractivity contribution < 1.29 is 4.79 Å². The summed E-state index contributed by atoms with van der Waals surface area (Å²) in [5.74, 6) is -0.245. The molecule has 0 saturated heterocycles. The molecule has 4 nitrogen and oxygen atoms in total. The molecule has 1 aliphatic rings. The maximum Gasteiger partial charge on any atom is 0.257 e. The molecule has 5 heteroatoms. The van der Waals surface area contributed by atoms with E-state index in [0.717, 1.165) is 27.0 Å². The van der Waals surface area contributed by atoms with Crippen LogP contribution in [0.5, 0.6) is 0 Å². The normalized spacial score (nSPS) is 15.2. The molecule has 1 amide bonds. The van der Waals surface area contributed by atoms with Crippen LogP contribution in [0.25, 0.3) is 21.4 Å². The van der Waals surface area contributed by atoms with Crippen LogP contribution in [0.1, 0.15) is 16.1 Å². The molecule has 23 heavy (non-hydrogen) atoms. The highest BCUT2D eigenvalue weighted by Gasteiger charge is 2.30. The predicted molar refractivity (Wildman–Crippen MR) is 91.9 cm³/mol. The molecule has 0 unspecified atom stereocenters. The van der Waals surface area contributed by atoms with Crippen molar-refractivity contribution in [3.05, 3.63) is 58.6 Å². The third kappa shape index (κ3) is 2.04. The fourth-order valence-corrected chi connectivity index (χ4v) is 3.75. The topological polar surface area (TPSA) is 65.8 Å². The third-order valence-electron chi connectivity index (χ3n) is 3.88. The van der Waals surface area contributed by atoms with E-state index in [0.29, 0.717) is 16.2 Å². The van der Waals surface area contributed by atoms with Gasteiger partial charge in [-0.05, 0) is 24.6 Å². The van der Waals surface area contributed by atoms with Gasteiger partial charge in [0.1, 0.15) is 16.6 Å². The van der Waals surface area contributed by atoms with Crippen molar-refractivity contribution in [3.8, 4) is 6.07 Å². The number of thiazole rings is 1. The Hall–Kier alpha value is -2.97. The van der Waals surface area contributed by atoms with E-state index < -0.39 is 0 Å². The standard InChI is InChI=1S/C18H11N3OS/c1-10-5-4-6-11-15(17(22)21-16(10)11)12(9-19)18-20-13-7-2-3-8-14(13)23-18/h2-8H,1H3,(H,21,22)/b15-12+. The molecule has 3 aromatic rings. The van der Waals surface area contributed by atoms with E-state index in [1.165, 1.54) is 11.3 Å². The lowest BCUT2D eigenvalue weighted by atomic mass is 10.0. The first kappa shape index (κ1) is 13.7. The third-order valence-corrected chi connectivity index (χ3v) is 4.93. The number of carbonyl (C=O) groups excluding carboxylic acids is 1. The number of nitrogens with one attached hydrogen (secondary N) is 1. The highest BCUT2D eigenvalue weighted by atomic mass is 32.1. The van der Waals surface area contributed by atoms with Crippen molar-refractivity contribution in [3.63, 3.8) is 0 Å². The van der Waals surface area contributed by atoms with Crippen LogP contribution in [0.15, 0.2) is 42.5 Å². The molecule has 1 aliphatic heterocycles. The summed E-state index contributed by atoms with van der Waals surface area (Å²) in [6.45, 7) is 1.94. The molecule has 2 heterocycles. The number of benzene rings is 2. The molecule has 1 N–H and O–H groups in total. The smallest absolute Gasteiger partial charge is 0.257 e. The molecule has 0 fully saturated rings. The Balaban J connectivity index is 2.00. The van der Waals surface area contributed by atoms with Crippen molar-refractivity contribution in [1.29, 1.82) is 5.26 Å². The van der Waals surface area contributed by atoms with Gasteiger partial charge in [0.2, 0.25) is 0 Å². The summed E-state index contributed by atoms with van der Waals surface area (Å²) in [6, 6.07) is 15.6. The molecule has 0 atom stereocenters. The Morgan fingerprint density at radius 1 is 1.22 bits per heavy atom. The predicted octanol–water partition coefficient (Wildman–Crippen LogP) is 3.99. The van der Waals surface area contributed by atoms with Gasteiger partial charge in [0, 0.05) is 5.56 Å². The van der Waals surface area contributed by atoms with Crippen LogP contribution in [0.2, 0.25) is 0 Å². The fourth-order valence-electron chi connectivity index (χ4n) is 2.78. The molecule has 4 rings (SSSR count). The van der Waals surface area contributed by atoms with Gasteiger partial charge < -0.3 is 5.32 Å². The van der Waals surface area contributed by atoms with Crippen LogP contribution in [-0.2, 0) is 4.79 Å². The number of para-hydroxylation sites is 2. The second-order valence-corrected chi connectivity index (χ2v) is 6.33. The maximum atomic E-state index is 12.4. The molecule has 0 bridgehead atoms. The van der Waals surface area contributed by atoms with Crippen molar-refractivity contribution >= 4 is 44.3 Å². The molecule has 0 aliphatic carbocycles. The van der Waals surface area contributed by atoms with Crippen LogP contribution in [0, 0.1) is 18.3 Å². The second kappa shape index (κ2) is 5.04. The van der Waals surface area contributed by atoms with E-state index in [1.807, 2.05) is 49.4 Å². The number of nitrogens with zero attached hydrogens (tertiary/aromatic N) is 2. The van der Waals surface area contributed by atoms with Gasteiger partial charge in [-0.2, -0.15) is 5.26 Å². The number of aryl methyl sites for hydroxylation is 1. The van der Waals surface area contributed by atoms with Gasteiger partial charge in [0.15, 0.2) is 0 Å². The number of amides is 1. The molecule has 110 valence electrons. The summed E-state index contributed by atoms with van der Waals surface area (Å²) in [4.78, 5) is 16.9. The average Bonchev–Trinajstić information content (AvgIpc) is 3.11. The van der Waals surface area contributed by atoms with Gasteiger partial charge in [-0.25, -0.2) is 4.98 Å². The van der Waals surface area contributed by atoms with Gasteiger partial charge in [-0.1, -0.05) is 30.3 Å².